The summed E-state index contributed by atoms with van der Waals surface area (Å²) in [4.78, 5) is 13.9. The smallest absolute Gasteiger partial charge is 0.407 e. The first kappa shape index (κ1) is 16.2. The minimum Gasteiger partial charge on any atom is -0.449 e. The molecule has 0 bridgehead atoms. The zero-order valence-electron chi connectivity index (χ0n) is 12.7. The first-order valence-corrected chi connectivity index (χ1v) is 7.07. The van der Waals surface area contributed by atoms with Crippen LogP contribution < -0.4 is 5.32 Å². The molecule has 112 valence electrons. The number of methoxy groups -OCH3 is 1. The number of piperidine rings is 1. The Morgan fingerprint density at radius 2 is 1.95 bits per heavy atom. The van der Waals surface area contributed by atoms with Crippen LogP contribution >= 0.6 is 0 Å². The molecule has 0 spiro atoms. The van der Waals surface area contributed by atoms with Crippen molar-refractivity contribution in [3.8, 4) is 0 Å². The van der Waals surface area contributed by atoms with Gasteiger partial charge in [-0.15, -0.1) is 0 Å². The number of carbonyl (C=O) groups excluding carboxylic acids is 1. The van der Waals surface area contributed by atoms with Crippen molar-refractivity contribution in [3.63, 3.8) is 0 Å². The van der Waals surface area contributed by atoms with Gasteiger partial charge in [0, 0.05) is 19.2 Å². The van der Waals surface area contributed by atoms with E-state index < -0.39 is 0 Å². The van der Waals surface area contributed by atoms with E-state index in [0.29, 0.717) is 12.5 Å². The summed E-state index contributed by atoms with van der Waals surface area (Å²) in [7, 11) is 1.73. The maximum absolute atomic E-state index is 11.5. The number of likely N-dealkylation sites (tertiary alicyclic amines) is 1. The average molecular weight is 272 g/mol. The highest BCUT2D eigenvalue weighted by molar-refractivity contribution is 5.68. The highest BCUT2D eigenvalue weighted by Gasteiger charge is 2.21. The van der Waals surface area contributed by atoms with Crippen LogP contribution in [-0.2, 0) is 9.47 Å². The largest absolute Gasteiger partial charge is 0.449 e. The lowest BCUT2D eigenvalue weighted by molar-refractivity contribution is 0.0805. The molecule has 0 radical (unpaired) electrons. The molecular formula is C14H28N2O3. The summed E-state index contributed by atoms with van der Waals surface area (Å²) in [6.07, 6.45) is 1.87. The second-order valence-corrected chi connectivity index (χ2v) is 6.25. The average Bonchev–Trinajstić information content (AvgIpc) is 2.33. The van der Waals surface area contributed by atoms with Crippen LogP contribution in [0.25, 0.3) is 0 Å². The fraction of sp³-hybridized carbons (Fsp3) is 0.929. The standard InChI is InChI=1S/C14H28N2O3/c1-14(2,3)15-13(17)19-11-12-5-7-16(8-6-12)9-10-18-4/h12H,5-11H2,1-4H3,(H,15,17). The minimum absolute atomic E-state index is 0.236. The van der Waals surface area contributed by atoms with Gasteiger partial charge in [0.2, 0.25) is 0 Å². The Morgan fingerprint density at radius 1 is 1.32 bits per heavy atom. The first-order chi connectivity index (χ1) is 8.90. The zero-order chi connectivity index (χ0) is 14.3. The number of nitrogens with one attached hydrogen (secondary N) is 1. The van der Waals surface area contributed by atoms with Crippen molar-refractivity contribution in [1.82, 2.24) is 10.2 Å². The minimum atomic E-state index is -0.311. The number of hydrogen-bond acceptors (Lipinski definition) is 4. The Labute approximate surface area is 116 Å². The maximum atomic E-state index is 11.5. The molecule has 1 aliphatic rings. The monoisotopic (exact) mass is 272 g/mol. The van der Waals surface area contributed by atoms with E-state index in [0.717, 1.165) is 39.1 Å². The lowest BCUT2D eigenvalue weighted by Gasteiger charge is -2.31. The van der Waals surface area contributed by atoms with Crippen molar-refractivity contribution in [2.75, 3.05) is 40.0 Å². The van der Waals surface area contributed by atoms with E-state index >= 15 is 0 Å². The van der Waals surface area contributed by atoms with Crippen LogP contribution in [0.2, 0.25) is 0 Å². The van der Waals surface area contributed by atoms with Crippen molar-refractivity contribution in [2.45, 2.75) is 39.2 Å². The van der Waals surface area contributed by atoms with Crippen LogP contribution in [0.1, 0.15) is 33.6 Å². The molecule has 1 amide bonds. The van der Waals surface area contributed by atoms with Crippen LogP contribution in [0.3, 0.4) is 0 Å². The highest BCUT2D eigenvalue weighted by Crippen LogP contribution is 2.17. The van der Waals surface area contributed by atoms with Crippen molar-refractivity contribution in [2.24, 2.45) is 5.92 Å². The molecular weight excluding hydrogens is 244 g/mol. The normalized spacial score (nSPS) is 18.3. The molecule has 1 heterocycles. The molecule has 1 rings (SSSR count). The summed E-state index contributed by atoms with van der Waals surface area (Å²) in [5, 5.41) is 2.81. The lowest BCUT2D eigenvalue weighted by Crippen LogP contribution is -2.42. The van der Waals surface area contributed by atoms with Crippen molar-refractivity contribution < 1.29 is 14.3 Å². The van der Waals surface area contributed by atoms with Crippen LogP contribution in [0.5, 0.6) is 0 Å². The number of carbonyl (C=O) groups is 1. The first-order valence-electron chi connectivity index (χ1n) is 7.07. The fourth-order valence-corrected chi connectivity index (χ4v) is 2.13. The Bertz CT molecular complexity index is 268. The number of ether oxygens (including phenoxy) is 2. The molecule has 19 heavy (non-hydrogen) atoms. The van der Waals surface area contributed by atoms with Crippen LogP contribution in [-0.4, -0.2) is 56.5 Å². The highest BCUT2D eigenvalue weighted by atomic mass is 16.5. The Balaban J connectivity index is 2.14. The van der Waals surface area contributed by atoms with E-state index in [9.17, 15) is 4.79 Å². The Hall–Kier alpha value is -0.810. The summed E-state index contributed by atoms with van der Waals surface area (Å²) in [5.41, 5.74) is -0.236. The SMILES string of the molecule is COCCN1CCC(COC(=O)NC(C)(C)C)CC1. The summed E-state index contributed by atoms with van der Waals surface area (Å²) in [6, 6.07) is 0. The van der Waals surface area contributed by atoms with Gasteiger partial charge in [0.05, 0.1) is 13.2 Å². The third-order valence-corrected chi connectivity index (χ3v) is 3.25. The Morgan fingerprint density at radius 3 is 2.47 bits per heavy atom. The van der Waals surface area contributed by atoms with Gasteiger partial charge in [-0.2, -0.15) is 0 Å². The molecule has 1 fully saturated rings. The van der Waals surface area contributed by atoms with E-state index in [1.807, 2.05) is 20.8 Å². The fourth-order valence-electron chi connectivity index (χ4n) is 2.13. The second-order valence-electron chi connectivity index (χ2n) is 6.25. The summed E-state index contributed by atoms with van der Waals surface area (Å²) < 4.78 is 10.4. The van der Waals surface area contributed by atoms with Gasteiger partial charge in [-0.1, -0.05) is 0 Å². The third-order valence-electron chi connectivity index (χ3n) is 3.25. The lowest BCUT2D eigenvalue weighted by atomic mass is 9.98. The van der Waals surface area contributed by atoms with Crippen molar-refractivity contribution >= 4 is 6.09 Å². The molecule has 0 aromatic rings. The number of nitrogens with zero attached hydrogens (tertiary/aromatic N) is 1. The van der Waals surface area contributed by atoms with Crippen LogP contribution in [0.15, 0.2) is 0 Å². The Kier molecular flexibility index (Phi) is 6.58. The van der Waals surface area contributed by atoms with Crippen LogP contribution in [0, 0.1) is 5.92 Å². The van der Waals surface area contributed by atoms with Gasteiger partial charge in [0.1, 0.15) is 0 Å². The third kappa shape index (κ3) is 7.38. The molecule has 0 aliphatic carbocycles. The van der Waals surface area contributed by atoms with Gasteiger partial charge in [-0.3, -0.25) is 0 Å². The molecule has 0 aromatic carbocycles. The number of hydrogen-bond donors (Lipinski definition) is 1. The second kappa shape index (κ2) is 7.70. The van der Waals surface area contributed by atoms with Gasteiger partial charge in [-0.05, 0) is 52.6 Å². The predicted molar refractivity (Wildman–Crippen MR) is 75.3 cm³/mol. The molecule has 1 saturated heterocycles. The summed E-state index contributed by atoms with van der Waals surface area (Å²) >= 11 is 0. The summed E-state index contributed by atoms with van der Waals surface area (Å²) in [5.74, 6) is 0.490. The number of rotatable bonds is 5. The molecule has 0 unspecified atom stereocenters. The number of amides is 1. The molecule has 0 saturated carbocycles. The molecule has 1 aliphatic heterocycles. The predicted octanol–water partition coefficient (Wildman–Crippen LogP) is 1.87. The molecule has 1 N–H and O–H groups in total. The van der Waals surface area contributed by atoms with Gasteiger partial charge in [0.15, 0.2) is 0 Å². The quantitative estimate of drug-likeness (QED) is 0.830. The van der Waals surface area contributed by atoms with Gasteiger partial charge in [-0.25, -0.2) is 4.79 Å². The molecule has 5 nitrogen and oxygen atoms in total. The van der Waals surface area contributed by atoms with Crippen molar-refractivity contribution in [1.29, 1.82) is 0 Å². The van der Waals surface area contributed by atoms with E-state index in [-0.39, 0.29) is 11.6 Å². The van der Waals surface area contributed by atoms with Crippen molar-refractivity contribution in [3.05, 3.63) is 0 Å². The van der Waals surface area contributed by atoms with Gasteiger partial charge < -0.3 is 19.7 Å². The van der Waals surface area contributed by atoms with E-state index in [4.69, 9.17) is 9.47 Å². The van der Waals surface area contributed by atoms with E-state index in [1.54, 1.807) is 7.11 Å². The molecule has 0 aromatic heterocycles. The topological polar surface area (TPSA) is 50.8 Å². The maximum Gasteiger partial charge on any atom is 0.407 e. The van der Waals surface area contributed by atoms with Gasteiger partial charge >= 0.3 is 6.09 Å². The number of alkyl carbamates (subject to hydrolysis) is 1. The van der Waals surface area contributed by atoms with Gasteiger partial charge in [0.25, 0.3) is 0 Å². The molecule has 0 atom stereocenters. The van der Waals surface area contributed by atoms with E-state index in [1.165, 1.54) is 0 Å². The zero-order valence-corrected chi connectivity index (χ0v) is 12.7. The van der Waals surface area contributed by atoms with E-state index in [2.05, 4.69) is 10.2 Å². The summed E-state index contributed by atoms with van der Waals surface area (Å²) in [6.45, 7) is 10.3. The molecule has 5 heteroatoms. The van der Waals surface area contributed by atoms with Crippen LogP contribution in [0.4, 0.5) is 4.79 Å².